The molecule has 0 bridgehead atoms. The Morgan fingerprint density at radius 3 is 2.46 bits per heavy atom. The fourth-order valence-corrected chi connectivity index (χ4v) is 3.33. The van der Waals surface area contributed by atoms with Gasteiger partial charge in [0.1, 0.15) is 12.8 Å². The molecule has 0 N–H and O–H groups in total. The van der Waals surface area contributed by atoms with Crippen molar-refractivity contribution in [1.82, 2.24) is 0 Å². The predicted molar refractivity (Wildman–Crippen MR) is 100 cm³/mol. The summed E-state index contributed by atoms with van der Waals surface area (Å²) in [5.41, 5.74) is 4.67. The number of hydrogen-bond acceptors (Lipinski definition) is 4. The zero-order valence-corrected chi connectivity index (χ0v) is 15.1. The lowest BCUT2D eigenvalue weighted by Gasteiger charge is -2.09. The SMILES string of the molecule is CCOC(=O)CC1=C(c2ccccc2)c2ccc(OC)cc2/C1=[N+](/C)[O-]. The van der Waals surface area contributed by atoms with Crippen molar-refractivity contribution in [1.29, 1.82) is 0 Å². The smallest absolute Gasteiger partial charge is 0.310 e. The molecule has 2 aromatic carbocycles. The lowest BCUT2D eigenvalue weighted by Crippen LogP contribution is -2.17. The Morgan fingerprint density at radius 1 is 1.12 bits per heavy atom. The maximum atomic E-state index is 12.4. The molecule has 0 unspecified atom stereocenters. The van der Waals surface area contributed by atoms with Gasteiger partial charge in [0, 0.05) is 11.1 Å². The highest BCUT2D eigenvalue weighted by Gasteiger charge is 2.35. The van der Waals surface area contributed by atoms with Crippen LogP contribution in [0, 0.1) is 5.21 Å². The van der Waals surface area contributed by atoms with Crippen LogP contribution in [-0.4, -0.2) is 37.2 Å². The van der Waals surface area contributed by atoms with Crippen LogP contribution in [0.25, 0.3) is 5.57 Å². The summed E-state index contributed by atoms with van der Waals surface area (Å²) in [4.78, 5) is 12.2. The van der Waals surface area contributed by atoms with Crippen LogP contribution < -0.4 is 4.74 Å². The normalized spacial score (nSPS) is 14.9. The van der Waals surface area contributed by atoms with Crippen LogP contribution in [0.3, 0.4) is 0 Å². The number of hydroxylamine groups is 1. The zero-order chi connectivity index (χ0) is 18.7. The number of ether oxygens (including phenoxy) is 2. The third-order valence-corrected chi connectivity index (χ3v) is 4.34. The first kappa shape index (κ1) is 17.7. The molecule has 1 aliphatic rings. The number of carbonyl (C=O) groups excluding carboxylic acids is 1. The number of nitrogens with zero attached hydrogens (tertiary/aromatic N) is 1. The van der Waals surface area contributed by atoms with Crippen LogP contribution in [0.5, 0.6) is 5.75 Å². The average molecular weight is 351 g/mol. The van der Waals surface area contributed by atoms with Crippen molar-refractivity contribution in [3.8, 4) is 5.75 Å². The monoisotopic (exact) mass is 351 g/mol. The molecule has 0 spiro atoms. The average Bonchev–Trinajstić information content (AvgIpc) is 2.95. The van der Waals surface area contributed by atoms with Gasteiger partial charge in [-0.15, -0.1) is 0 Å². The van der Waals surface area contributed by atoms with E-state index < -0.39 is 0 Å². The van der Waals surface area contributed by atoms with Crippen molar-refractivity contribution in [3.05, 3.63) is 76.0 Å². The maximum Gasteiger partial charge on any atom is 0.310 e. The molecule has 0 aromatic heterocycles. The lowest BCUT2D eigenvalue weighted by molar-refractivity contribution is -0.421. The van der Waals surface area contributed by atoms with E-state index in [1.54, 1.807) is 14.0 Å². The first-order chi connectivity index (χ1) is 12.6. The Kier molecular flexibility index (Phi) is 5.07. The molecule has 3 rings (SSSR count). The van der Waals surface area contributed by atoms with Gasteiger partial charge in [0.2, 0.25) is 5.71 Å². The largest absolute Gasteiger partial charge is 0.624 e. The van der Waals surface area contributed by atoms with E-state index in [0.717, 1.165) is 27.0 Å². The van der Waals surface area contributed by atoms with Crippen molar-refractivity contribution in [2.24, 2.45) is 0 Å². The summed E-state index contributed by atoms with van der Waals surface area (Å²) in [5, 5.41) is 12.4. The molecule has 134 valence electrons. The molecular formula is C21H21NO4. The van der Waals surface area contributed by atoms with Crippen LogP contribution in [0.1, 0.15) is 30.0 Å². The second kappa shape index (κ2) is 7.44. The Labute approximate surface area is 152 Å². The van der Waals surface area contributed by atoms with E-state index in [1.807, 2.05) is 48.5 Å². The quantitative estimate of drug-likeness (QED) is 0.358. The minimum Gasteiger partial charge on any atom is -0.624 e. The van der Waals surface area contributed by atoms with Crippen LogP contribution in [-0.2, 0) is 9.53 Å². The summed E-state index contributed by atoms with van der Waals surface area (Å²) in [7, 11) is 3.03. The highest BCUT2D eigenvalue weighted by Crippen LogP contribution is 2.40. The molecule has 1 aliphatic carbocycles. The van der Waals surface area contributed by atoms with E-state index in [2.05, 4.69) is 0 Å². The summed E-state index contributed by atoms with van der Waals surface area (Å²) < 4.78 is 11.3. The molecule has 0 aliphatic heterocycles. The predicted octanol–water partition coefficient (Wildman–Crippen LogP) is 3.39. The Balaban J connectivity index is 2.25. The third kappa shape index (κ3) is 3.20. The van der Waals surface area contributed by atoms with Crippen LogP contribution in [0.15, 0.2) is 54.1 Å². The van der Waals surface area contributed by atoms with Crippen LogP contribution >= 0.6 is 0 Å². The zero-order valence-electron chi connectivity index (χ0n) is 15.1. The number of rotatable bonds is 5. The summed E-state index contributed by atoms with van der Waals surface area (Å²) in [6.07, 6.45) is 0.0387. The molecule has 0 amide bonds. The first-order valence-corrected chi connectivity index (χ1v) is 8.48. The van der Waals surface area contributed by atoms with E-state index in [-0.39, 0.29) is 12.4 Å². The molecule has 0 saturated heterocycles. The minimum atomic E-state index is -0.352. The molecular weight excluding hydrogens is 330 g/mol. The van der Waals surface area contributed by atoms with Gasteiger partial charge in [0.15, 0.2) is 0 Å². The molecule has 0 radical (unpaired) electrons. The van der Waals surface area contributed by atoms with E-state index in [4.69, 9.17) is 9.47 Å². The molecule has 0 saturated carbocycles. The summed E-state index contributed by atoms with van der Waals surface area (Å²) in [6, 6.07) is 15.4. The number of hydrogen-bond donors (Lipinski definition) is 0. The highest BCUT2D eigenvalue weighted by atomic mass is 16.5. The Hall–Kier alpha value is -3.08. The van der Waals surface area contributed by atoms with Gasteiger partial charge in [0.25, 0.3) is 0 Å². The number of benzene rings is 2. The first-order valence-electron chi connectivity index (χ1n) is 8.48. The summed E-state index contributed by atoms with van der Waals surface area (Å²) >= 11 is 0. The molecule has 5 heteroatoms. The fourth-order valence-electron chi connectivity index (χ4n) is 3.33. The number of carbonyl (C=O) groups is 1. The topological polar surface area (TPSA) is 61.6 Å². The summed E-state index contributed by atoms with van der Waals surface area (Å²) in [6.45, 7) is 2.07. The van der Waals surface area contributed by atoms with Gasteiger partial charge in [0.05, 0.1) is 25.7 Å². The van der Waals surface area contributed by atoms with E-state index >= 15 is 0 Å². The van der Waals surface area contributed by atoms with Gasteiger partial charge in [-0.05, 0) is 36.2 Å². The van der Waals surface area contributed by atoms with Gasteiger partial charge < -0.3 is 14.7 Å². The van der Waals surface area contributed by atoms with Gasteiger partial charge in [-0.25, -0.2) is 4.74 Å². The lowest BCUT2D eigenvalue weighted by atomic mass is 9.96. The molecule has 26 heavy (non-hydrogen) atoms. The van der Waals surface area contributed by atoms with Crippen molar-refractivity contribution in [2.45, 2.75) is 13.3 Å². The molecule has 0 heterocycles. The molecule has 0 fully saturated rings. The summed E-state index contributed by atoms with van der Waals surface area (Å²) in [5.74, 6) is 0.308. The second-order valence-electron chi connectivity index (χ2n) is 5.96. The van der Waals surface area contributed by atoms with E-state index in [9.17, 15) is 10.0 Å². The standard InChI is InChI=1S/C21H21NO4/c1-4-26-19(23)13-18-20(14-8-6-5-7-9-14)16-11-10-15(25-3)12-17(16)21(18)22(2)24/h5-12H,4,13H2,1-3H3/b22-21+. The fraction of sp³-hybridized carbons (Fsp3) is 0.238. The maximum absolute atomic E-state index is 12.4. The van der Waals surface area contributed by atoms with E-state index in [0.29, 0.717) is 23.6 Å². The number of fused-ring (bicyclic) bond motifs is 1. The van der Waals surface area contributed by atoms with Crippen LogP contribution in [0.2, 0.25) is 0 Å². The number of methoxy groups -OCH3 is 1. The second-order valence-corrected chi connectivity index (χ2v) is 5.96. The molecule has 2 aromatic rings. The molecule has 0 atom stereocenters. The Bertz CT molecular complexity index is 893. The highest BCUT2D eigenvalue weighted by molar-refractivity contribution is 6.24. The Morgan fingerprint density at radius 2 is 1.85 bits per heavy atom. The van der Waals surface area contributed by atoms with Crippen LogP contribution in [0.4, 0.5) is 0 Å². The van der Waals surface area contributed by atoms with Gasteiger partial charge in [-0.3, -0.25) is 4.79 Å². The molecule has 5 nitrogen and oxygen atoms in total. The minimum absolute atomic E-state index is 0.0387. The third-order valence-electron chi connectivity index (χ3n) is 4.34. The van der Waals surface area contributed by atoms with Gasteiger partial charge >= 0.3 is 5.97 Å². The van der Waals surface area contributed by atoms with E-state index in [1.165, 1.54) is 7.05 Å². The van der Waals surface area contributed by atoms with Crippen molar-refractivity contribution < 1.29 is 19.0 Å². The van der Waals surface area contributed by atoms with Crippen molar-refractivity contribution in [2.75, 3.05) is 20.8 Å². The van der Waals surface area contributed by atoms with Gasteiger partial charge in [-0.1, -0.05) is 30.3 Å². The van der Waals surface area contributed by atoms with Gasteiger partial charge in [-0.2, -0.15) is 0 Å². The number of esters is 1. The van der Waals surface area contributed by atoms with Crippen molar-refractivity contribution in [3.63, 3.8) is 0 Å². The van der Waals surface area contributed by atoms with Crippen molar-refractivity contribution >= 4 is 17.3 Å².